The lowest BCUT2D eigenvalue weighted by Crippen LogP contribution is -2.51. The number of pyridine rings is 1. The van der Waals surface area contributed by atoms with Gasteiger partial charge in [-0.05, 0) is 86.3 Å². The number of likely N-dealkylation sites (tertiary alicyclic amines) is 1. The van der Waals surface area contributed by atoms with Crippen LogP contribution in [0.2, 0.25) is 0 Å². The van der Waals surface area contributed by atoms with Crippen molar-refractivity contribution in [3.63, 3.8) is 0 Å². The fourth-order valence-corrected chi connectivity index (χ4v) is 7.90. The van der Waals surface area contributed by atoms with Crippen molar-refractivity contribution in [1.82, 2.24) is 25.1 Å². The zero-order chi connectivity index (χ0) is 23.4. The molecule has 4 aliphatic carbocycles. The van der Waals surface area contributed by atoms with Crippen molar-refractivity contribution in [2.24, 2.45) is 23.2 Å². The van der Waals surface area contributed by atoms with Crippen molar-refractivity contribution in [2.45, 2.75) is 70.9 Å². The van der Waals surface area contributed by atoms with E-state index in [1.165, 1.54) is 38.5 Å². The van der Waals surface area contributed by atoms with E-state index in [2.05, 4.69) is 29.6 Å². The van der Waals surface area contributed by atoms with Crippen LogP contribution in [-0.4, -0.2) is 58.0 Å². The molecule has 2 aromatic rings. The van der Waals surface area contributed by atoms with E-state index < -0.39 is 0 Å². The van der Waals surface area contributed by atoms with E-state index in [1.807, 2.05) is 23.2 Å². The summed E-state index contributed by atoms with van der Waals surface area (Å²) in [5.41, 5.74) is 2.00. The number of nitrogens with one attached hydrogen (secondary N) is 2. The van der Waals surface area contributed by atoms with Gasteiger partial charge in [0, 0.05) is 37.9 Å². The normalized spacial score (nSPS) is 32.1. The third-order valence-corrected chi connectivity index (χ3v) is 8.80. The van der Waals surface area contributed by atoms with Gasteiger partial charge in [0.05, 0.1) is 11.1 Å². The molecule has 7 heteroatoms. The van der Waals surface area contributed by atoms with E-state index >= 15 is 0 Å². The predicted molar refractivity (Wildman–Crippen MR) is 131 cm³/mol. The molecule has 0 radical (unpaired) electrons. The molecule has 0 spiro atoms. The Balaban J connectivity index is 1.16. The summed E-state index contributed by atoms with van der Waals surface area (Å²) in [6.45, 7) is 6.46. The largest absolute Gasteiger partial charge is 0.351 e. The highest BCUT2D eigenvalue weighted by Crippen LogP contribution is 2.59. The number of aromatic nitrogens is 2. The van der Waals surface area contributed by atoms with Gasteiger partial charge in [-0.1, -0.05) is 13.8 Å². The molecule has 1 aliphatic heterocycles. The van der Waals surface area contributed by atoms with Gasteiger partial charge < -0.3 is 15.5 Å². The average molecular weight is 464 g/mol. The number of hydrogen-bond donors (Lipinski definition) is 2. The molecule has 4 bridgehead atoms. The Morgan fingerprint density at radius 1 is 1.15 bits per heavy atom. The predicted octanol–water partition coefficient (Wildman–Crippen LogP) is 3.49. The minimum atomic E-state index is -0.0586. The lowest BCUT2D eigenvalue weighted by atomic mass is 9.49. The van der Waals surface area contributed by atoms with Crippen LogP contribution < -0.4 is 10.6 Å². The van der Waals surface area contributed by atoms with Gasteiger partial charge in [-0.2, -0.15) is 5.10 Å². The lowest BCUT2D eigenvalue weighted by Gasteiger charge is -2.56. The highest BCUT2D eigenvalue weighted by Gasteiger charge is 2.50. The second kappa shape index (κ2) is 8.36. The van der Waals surface area contributed by atoms with Crippen LogP contribution in [0.5, 0.6) is 0 Å². The van der Waals surface area contributed by atoms with Crippen molar-refractivity contribution in [3.8, 4) is 0 Å². The monoisotopic (exact) mass is 463 g/mol. The molecule has 5 fully saturated rings. The van der Waals surface area contributed by atoms with Crippen LogP contribution in [-0.2, 0) is 0 Å². The first-order valence-electron chi connectivity index (χ1n) is 13.2. The Morgan fingerprint density at radius 2 is 1.85 bits per heavy atom. The van der Waals surface area contributed by atoms with Crippen molar-refractivity contribution in [1.29, 1.82) is 0 Å². The molecule has 7 rings (SSSR count). The van der Waals surface area contributed by atoms with Gasteiger partial charge in [0.2, 0.25) is 0 Å². The molecule has 0 unspecified atom stereocenters. The van der Waals surface area contributed by atoms with Gasteiger partial charge in [0.15, 0.2) is 5.69 Å². The molecule has 7 nitrogen and oxygen atoms in total. The van der Waals surface area contributed by atoms with Crippen LogP contribution in [0, 0.1) is 23.2 Å². The zero-order valence-corrected chi connectivity index (χ0v) is 20.4. The van der Waals surface area contributed by atoms with E-state index in [4.69, 9.17) is 0 Å². The number of rotatable bonds is 6. The van der Waals surface area contributed by atoms with Crippen LogP contribution in [0.3, 0.4) is 0 Å². The Kier molecular flexibility index (Phi) is 5.43. The van der Waals surface area contributed by atoms with Crippen LogP contribution in [0.25, 0.3) is 5.52 Å². The molecular formula is C27H37N5O2. The van der Waals surface area contributed by atoms with E-state index in [9.17, 15) is 9.59 Å². The topological polar surface area (TPSA) is 78.7 Å². The summed E-state index contributed by atoms with van der Waals surface area (Å²) in [4.78, 5) is 28.3. The minimum Gasteiger partial charge on any atom is -0.351 e. The molecule has 1 saturated heterocycles. The quantitative estimate of drug-likeness (QED) is 0.687. The summed E-state index contributed by atoms with van der Waals surface area (Å²) in [7, 11) is 0. The smallest absolute Gasteiger partial charge is 0.274 e. The van der Waals surface area contributed by atoms with E-state index in [-0.39, 0.29) is 11.8 Å². The maximum absolute atomic E-state index is 13.3. The summed E-state index contributed by atoms with van der Waals surface area (Å²) in [5.74, 6) is 2.50. The molecule has 1 atom stereocenters. The summed E-state index contributed by atoms with van der Waals surface area (Å²) in [5, 5.41) is 11.3. The number of nitrogens with zero attached hydrogens (tertiary/aromatic N) is 3. The van der Waals surface area contributed by atoms with Crippen molar-refractivity contribution in [3.05, 3.63) is 35.7 Å². The van der Waals surface area contributed by atoms with Crippen molar-refractivity contribution in [2.75, 3.05) is 19.6 Å². The van der Waals surface area contributed by atoms with Gasteiger partial charge >= 0.3 is 0 Å². The molecule has 2 N–H and O–H groups in total. The second-order valence-electron chi connectivity index (χ2n) is 11.9. The van der Waals surface area contributed by atoms with E-state index in [1.54, 1.807) is 10.6 Å². The first kappa shape index (κ1) is 22.1. The molecule has 4 saturated carbocycles. The van der Waals surface area contributed by atoms with E-state index in [0.29, 0.717) is 40.8 Å². The standard InChI is InChI=1S/C27H37N5O2/c1-17(2)29-21-5-7-31(15-21)26(34)23-11-24-22(4-3-6-32(24)30-23)25(33)28-16-27-12-18-8-19(13-27)10-20(9-18)14-27/h3-4,6,11,17-21,29H,5,7-10,12-16H2,1-2H3,(H,28,33)/t18?,19?,20?,21-,27?/m1/s1. The van der Waals surface area contributed by atoms with Gasteiger partial charge in [0.1, 0.15) is 0 Å². The number of amides is 2. The molecular weight excluding hydrogens is 426 g/mol. The summed E-state index contributed by atoms with van der Waals surface area (Å²) in [6, 6.07) is 6.19. The van der Waals surface area contributed by atoms with Gasteiger partial charge in [-0.25, -0.2) is 4.52 Å². The molecule has 2 amide bonds. The number of carbonyl (C=O) groups is 2. The first-order chi connectivity index (χ1) is 16.4. The highest BCUT2D eigenvalue weighted by atomic mass is 16.2. The second-order valence-corrected chi connectivity index (χ2v) is 11.9. The Bertz CT molecular complexity index is 1070. The molecule has 2 aromatic heterocycles. The van der Waals surface area contributed by atoms with Crippen molar-refractivity contribution < 1.29 is 9.59 Å². The Labute approximate surface area is 201 Å². The van der Waals surface area contributed by atoms with Gasteiger partial charge in [-0.15, -0.1) is 0 Å². The fourth-order valence-electron chi connectivity index (χ4n) is 7.90. The summed E-state index contributed by atoms with van der Waals surface area (Å²) < 4.78 is 1.67. The fraction of sp³-hybridized carbons (Fsp3) is 0.667. The summed E-state index contributed by atoms with van der Waals surface area (Å²) in [6.07, 6.45) is 10.8. The van der Waals surface area contributed by atoms with Crippen LogP contribution in [0.4, 0.5) is 0 Å². The zero-order valence-electron chi connectivity index (χ0n) is 20.4. The molecule has 0 aromatic carbocycles. The summed E-state index contributed by atoms with van der Waals surface area (Å²) >= 11 is 0. The number of hydrogen-bond acceptors (Lipinski definition) is 4. The first-order valence-corrected chi connectivity index (χ1v) is 13.2. The Morgan fingerprint density at radius 3 is 2.53 bits per heavy atom. The van der Waals surface area contributed by atoms with Crippen LogP contribution in [0.1, 0.15) is 79.6 Å². The lowest BCUT2D eigenvalue weighted by molar-refractivity contribution is -0.0503. The maximum Gasteiger partial charge on any atom is 0.274 e. The van der Waals surface area contributed by atoms with Gasteiger partial charge in [0.25, 0.3) is 11.8 Å². The third kappa shape index (κ3) is 4.02. The molecule has 34 heavy (non-hydrogen) atoms. The minimum absolute atomic E-state index is 0.0531. The van der Waals surface area contributed by atoms with Crippen molar-refractivity contribution >= 4 is 17.3 Å². The number of carbonyl (C=O) groups excluding carboxylic acids is 2. The molecule has 3 heterocycles. The molecule has 182 valence electrons. The average Bonchev–Trinajstić information content (AvgIpc) is 3.42. The van der Waals surface area contributed by atoms with E-state index in [0.717, 1.165) is 37.3 Å². The maximum atomic E-state index is 13.3. The van der Waals surface area contributed by atoms with Gasteiger partial charge in [-0.3, -0.25) is 9.59 Å². The molecule has 5 aliphatic rings. The van der Waals surface area contributed by atoms with Crippen LogP contribution in [0.15, 0.2) is 24.4 Å². The van der Waals surface area contributed by atoms with Crippen LogP contribution >= 0.6 is 0 Å². The third-order valence-electron chi connectivity index (χ3n) is 8.80. The SMILES string of the molecule is CC(C)N[C@@H]1CCN(C(=O)c2cc3c(C(=O)NCC45CC6CC(CC(C6)C4)C5)cccn3n2)C1. The number of fused-ring (bicyclic) bond motifs is 1. The highest BCUT2D eigenvalue weighted by molar-refractivity contribution is 6.02. The Hall–Kier alpha value is -2.41.